The fourth-order valence-corrected chi connectivity index (χ4v) is 2.37. The third kappa shape index (κ3) is 4.38. The highest BCUT2D eigenvalue weighted by Crippen LogP contribution is 2.27. The number of aliphatic hydroxyl groups is 1. The van der Waals surface area contributed by atoms with Crippen molar-refractivity contribution in [2.75, 3.05) is 20.3 Å². The molecule has 2 rings (SSSR count). The Bertz CT molecular complexity index is 571. The minimum atomic E-state index is 0.0124. The van der Waals surface area contributed by atoms with Gasteiger partial charge in [-0.2, -0.15) is 0 Å². The maximum atomic E-state index is 9.54. The van der Waals surface area contributed by atoms with Crippen molar-refractivity contribution in [1.29, 1.82) is 0 Å². The quantitative estimate of drug-likeness (QED) is 0.843. The van der Waals surface area contributed by atoms with E-state index in [9.17, 15) is 5.11 Å². The van der Waals surface area contributed by atoms with Crippen molar-refractivity contribution >= 4 is 11.6 Å². The second-order valence-corrected chi connectivity index (χ2v) is 5.16. The van der Waals surface area contributed by atoms with Crippen LogP contribution in [0.25, 0.3) is 0 Å². The van der Waals surface area contributed by atoms with Crippen molar-refractivity contribution in [2.45, 2.75) is 12.3 Å². The first-order valence-electron chi connectivity index (χ1n) is 6.86. The molecular weight excluding hydrogens is 288 g/mol. The number of halogens is 1. The van der Waals surface area contributed by atoms with Gasteiger partial charge in [0.15, 0.2) is 11.5 Å². The van der Waals surface area contributed by atoms with Crippen molar-refractivity contribution in [2.24, 2.45) is 0 Å². The molecule has 2 aromatic carbocycles. The zero-order chi connectivity index (χ0) is 15.1. The van der Waals surface area contributed by atoms with Crippen molar-refractivity contribution in [1.82, 2.24) is 0 Å². The third-order valence-corrected chi connectivity index (χ3v) is 3.57. The van der Waals surface area contributed by atoms with Crippen LogP contribution in [0.15, 0.2) is 48.5 Å². The van der Waals surface area contributed by atoms with Gasteiger partial charge >= 0.3 is 0 Å². The summed E-state index contributed by atoms with van der Waals surface area (Å²) in [5.41, 5.74) is 1.02. The first-order valence-corrected chi connectivity index (χ1v) is 7.24. The Morgan fingerprint density at radius 1 is 1.10 bits per heavy atom. The fourth-order valence-electron chi connectivity index (χ4n) is 2.17. The number of rotatable bonds is 7. The number of methoxy groups -OCH3 is 1. The summed E-state index contributed by atoms with van der Waals surface area (Å²) in [7, 11) is 1.62. The molecule has 0 saturated carbocycles. The standard InChI is InChI=1S/C17H19ClO3/c1-20-16-7-2-3-8-17(16)21-10-9-14(12-19)13-5-4-6-15(18)11-13/h2-8,11,14,19H,9-10,12H2,1H3. The summed E-state index contributed by atoms with van der Waals surface area (Å²) in [6, 6.07) is 15.1. The van der Waals surface area contributed by atoms with Gasteiger partial charge in [0.05, 0.1) is 20.3 Å². The average Bonchev–Trinajstić information content (AvgIpc) is 2.52. The number of ether oxygens (including phenoxy) is 2. The van der Waals surface area contributed by atoms with Crippen LogP contribution in [0, 0.1) is 0 Å². The summed E-state index contributed by atoms with van der Waals surface area (Å²) in [6.45, 7) is 0.563. The van der Waals surface area contributed by atoms with Crippen LogP contribution in [0.2, 0.25) is 5.02 Å². The van der Waals surface area contributed by atoms with Gasteiger partial charge in [-0.25, -0.2) is 0 Å². The van der Waals surface area contributed by atoms with Crippen LogP contribution in [-0.4, -0.2) is 25.4 Å². The third-order valence-electron chi connectivity index (χ3n) is 3.33. The van der Waals surface area contributed by atoms with E-state index in [2.05, 4.69) is 0 Å². The van der Waals surface area contributed by atoms with Crippen molar-refractivity contribution in [3.05, 3.63) is 59.1 Å². The summed E-state index contributed by atoms with van der Waals surface area (Å²) < 4.78 is 11.0. The summed E-state index contributed by atoms with van der Waals surface area (Å²) in [5.74, 6) is 1.43. The molecule has 1 unspecified atom stereocenters. The molecule has 0 aliphatic heterocycles. The topological polar surface area (TPSA) is 38.7 Å². The normalized spacial score (nSPS) is 12.0. The maximum absolute atomic E-state index is 9.54. The first kappa shape index (κ1) is 15.7. The highest BCUT2D eigenvalue weighted by atomic mass is 35.5. The molecule has 0 aliphatic rings. The number of benzene rings is 2. The van der Waals surface area contributed by atoms with Gasteiger partial charge in [-0.15, -0.1) is 0 Å². The largest absolute Gasteiger partial charge is 0.493 e. The molecule has 0 bridgehead atoms. The Hall–Kier alpha value is -1.71. The maximum Gasteiger partial charge on any atom is 0.161 e. The van der Waals surface area contributed by atoms with Crippen LogP contribution in [0.1, 0.15) is 17.9 Å². The van der Waals surface area contributed by atoms with E-state index < -0.39 is 0 Å². The summed E-state index contributed by atoms with van der Waals surface area (Å²) in [5, 5.41) is 10.2. The van der Waals surface area contributed by atoms with Crippen LogP contribution in [-0.2, 0) is 0 Å². The summed E-state index contributed by atoms with van der Waals surface area (Å²) in [4.78, 5) is 0. The zero-order valence-electron chi connectivity index (χ0n) is 12.0. The Labute approximate surface area is 130 Å². The van der Waals surface area contributed by atoms with Gasteiger partial charge < -0.3 is 14.6 Å². The Morgan fingerprint density at radius 3 is 2.52 bits per heavy atom. The number of para-hydroxylation sites is 2. The molecule has 0 aliphatic carbocycles. The number of hydrogen-bond acceptors (Lipinski definition) is 3. The lowest BCUT2D eigenvalue weighted by Crippen LogP contribution is -2.10. The molecule has 0 radical (unpaired) electrons. The van der Waals surface area contributed by atoms with E-state index in [0.717, 1.165) is 5.56 Å². The van der Waals surface area contributed by atoms with E-state index in [1.807, 2.05) is 48.5 Å². The van der Waals surface area contributed by atoms with Crippen molar-refractivity contribution in [3.8, 4) is 11.5 Å². The van der Waals surface area contributed by atoms with Crippen LogP contribution in [0.4, 0.5) is 0 Å². The van der Waals surface area contributed by atoms with Crippen molar-refractivity contribution < 1.29 is 14.6 Å². The Morgan fingerprint density at radius 2 is 1.86 bits per heavy atom. The van der Waals surface area contributed by atoms with E-state index in [1.54, 1.807) is 7.11 Å². The molecule has 21 heavy (non-hydrogen) atoms. The Balaban J connectivity index is 1.95. The minimum Gasteiger partial charge on any atom is -0.493 e. The number of aliphatic hydroxyl groups excluding tert-OH is 1. The minimum absolute atomic E-state index is 0.0124. The van der Waals surface area contributed by atoms with Crippen LogP contribution < -0.4 is 9.47 Å². The van der Waals surface area contributed by atoms with Gasteiger partial charge in [0, 0.05) is 10.9 Å². The van der Waals surface area contributed by atoms with Crippen LogP contribution in [0.3, 0.4) is 0 Å². The van der Waals surface area contributed by atoms with Gasteiger partial charge in [-0.05, 0) is 36.2 Å². The molecule has 0 fully saturated rings. The fraction of sp³-hybridized carbons (Fsp3) is 0.294. The lowest BCUT2D eigenvalue weighted by atomic mass is 9.97. The van der Waals surface area contributed by atoms with E-state index in [4.69, 9.17) is 21.1 Å². The van der Waals surface area contributed by atoms with E-state index in [-0.39, 0.29) is 12.5 Å². The van der Waals surface area contributed by atoms with E-state index in [1.165, 1.54) is 0 Å². The zero-order valence-corrected chi connectivity index (χ0v) is 12.7. The molecule has 1 N–H and O–H groups in total. The molecule has 2 aromatic rings. The summed E-state index contributed by atoms with van der Waals surface area (Å²) in [6.07, 6.45) is 0.703. The van der Waals surface area contributed by atoms with Gasteiger partial charge in [0.2, 0.25) is 0 Å². The number of hydrogen-bond donors (Lipinski definition) is 1. The molecule has 1 atom stereocenters. The van der Waals surface area contributed by atoms with Crippen molar-refractivity contribution in [3.63, 3.8) is 0 Å². The lowest BCUT2D eigenvalue weighted by Gasteiger charge is -2.16. The SMILES string of the molecule is COc1ccccc1OCCC(CO)c1cccc(Cl)c1. The molecule has 112 valence electrons. The molecule has 0 saturated heterocycles. The molecule has 3 nitrogen and oxygen atoms in total. The lowest BCUT2D eigenvalue weighted by molar-refractivity contribution is 0.225. The molecule has 0 aromatic heterocycles. The first-order chi connectivity index (χ1) is 10.2. The smallest absolute Gasteiger partial charge is 0.161 e. The predicted molar refractivity (Wildman–Crippen MR) is 84.4 cm³/mol. The average molecular weight is 307 g/mol. The molecule has 4 heteroatoms. The molecule has 0 spiro atoms. The van der Waals surface area contributed by atoms with Gasteiger partial charge in [-0.3, -0.25) is 0 Å². The van der Waals surface area contributed by atoms with Gasteiger partial charge in [0.25, 0.3) is 0 Å². The predicted octanol–water partition coefficient (Wildman–Crippen LogP) is 3.89. The summed E-state index contributed by atoms with van der Waals surface area (Å²) >= 11 is 5.99. The van der Waals surface area contributed by atoms with E-state index in [0.29, 0.717) is 29.5 Å². The highest BCUT2D eigenvalue weighted by molar-refractivity contribution is 6.30. The molecule has 0 amide bonds. The highest BCUT2D eigenvalue weighted by Gasteiger charge is 2.12. The Kier molecular flexibility index (Phi) is 5.90. The second-order valence-electron chi connectivity index (χ2n) is 4.72. The van der Waals surface area contributed by atoms with Gasteiger partial charge in [-0.1, -0.05) is 35.9 Å². The molecular formula is C17H19ClO3. The van der Waals surface area contributed by atoms with Crippen LogP contribution >= 0.6 is 11.6 Å². The second kappa shape index (κ2) is 7.91. The van der Waals surface area contributed by atoms with E-state index >= 15 is 0 Å². The molecule has 0 heterocycles. The van der Waals surface area contributed by atoms with Crippen LogP contribution in [0.5, 0.6) is 11.5 Å². The monoisotopic (exact) mass is 306 g/mol. The van der Waals surface area contributed by atoms with Gasteiger partial charge in [0.1, 0.15) is 0 Å².